The molecule has 0 aliphatic heterocycles. The van der Waals surface area contributed by atoms with Crippen LogP contribution in [-0.2, 0) is 4.79 Å². The number of ether oxygens (including phenoxy) is 3. The van der Waals surface area contributed by atoms with Crippen LogP contribution in [0.15, 0.2) is 72.8 Å². The second kappa shape index (κ2) is 9.67. The van der Waals surface area contributed by atoms with Crippen LogP contribution in [0.1, 0.15) is 6.92 Å². The minimum absolute atomic E-state index is 0.162. The molecule has 0 atom stereocenters. The Morgan fingerprint density at radius 3 is 2.07 bits per heavy atom. The van der Waals surface area contributed by atoms with E-state index in [2.05, 4.69) is 5.32 Å². The average Bonchev–Trinajstić information content (AvgIpc) is 2.71. The molecule has 3 aromatic carbocycles. The van der Waals surface area contributed by atoms with Gasteiger partial charge in [0.05, 0.1) is 17.3 Å². The summed E-state index contributed by atoms with van der Waals surface area (Å²) in [5.41, 5.74) is 0.522. The molecule has 3 rings (SSSR count). The van der Waals surface area contributed by atoms with Gasteiger partial charge in [0.15, 0.2) is 23.9 Å². The molecule has 0 radical (unpaired) electrons. The maximum atomic E-state index is 12.4. The summed E-state index contributed by atoms with van der Waals surface area (Å²) in [5, 5.41) is 3.28. The minimum Gasteiger partial charge on any atom is -0.490 e. The van der Waals surface area contributed by atoms with Crippen LogP contribution in [0.5, 0.6) is 23.0 Å². The Morgan fingerprint density at radius 2 is 1.39 bits per heavy atom. The first-order valence-electron chi connectivity index (χ1n) is 8.83. The molecule has 144 valence electrons. The molecular formula is C22H20ClNO4. The first kappa shape index (κ1) is 19.6. The Kier molecular flexibility index (Phi) is 6.76. The number of para-hydroxylation sites is 5. The van der Waals surface area contributed by atoms with E-state index in [0.29, 0.717) is 40.3 Å². The number of anilines is 1. The largest absolute Gasteiger partial charge is 0.490 e. The zero-order valence-electron chi connectivity index (χ0n) is 15.4. The number of amides is 1. The number of hydrogen-bond acceptors (Lipinski definition) is 4. The van der Waals surface area contributed by atoms with Gasteiger partial charge in [-0.05, 0) is 43.3 Å². The van der Waals surface area contributed by atoms with Gasteiger partial charge in [-0.25, -0.2) is 0 Å². The number of rotatable bonds is 8. The molecule has 0 heterocycles. The Hall–Kier alpha value is -3.18. The van der Waals surface area contributed by atoms with Crippen LogP contribution in [0.25, 0.3) is 0 Å². The van der Waals surface area contributed by atoms with Crippen LogP contribution >= 0.6 is 11.6 Å². The molecule has 28 heavy (non-hydrogen) atoms. The third kappa shape index (κ3) is 5.18. The van der Waals surface area contributed by atoms with Crippen LogP contribution in [0.2, 0.25) is 5.02 Å². The molecule has 1 N–H and O–H groups in total. The summed E-state index contributed by atoms with van der Waals surface area (Å²) in [4.78, 5) is 12.4. The number of carbonyl (C=O) groups is 1. The van der Waals surface area contributed by atoms with Crippen molar-refractivity contribution in [3.05, 3.63) is 77.8 Å². The van der Waals surface area contributed by atoms with Crippen molar-refractivity contribution in [2.45, 2.75) is 6.92 Å². The highest BCUT2D eigenvalue weighted by Gasteiger charge is 2.12. The van der Waals surface area contributed by atoms with Crippen LogP contribution in [0.3, 0.4) is 0 Å². The molecule has 3 aromatic rings. The summed E-state index contributed by atoms with van der Waals surface area (Å²) in [6.07, 6.45) is 0. The van der Waals surface area contributed by atoms with Gasteiger partial charge in [0.2, 0.25) is 0 Å². The maximum Gasteiger partial charge on any atom is 0.262 e. The van der Waals surface area contributed by atoms with Crippen molar-refractivity contribution in [3.8, 4) is 23.0 Å². The normalized spacial score (nSPS) is 10.2. The lowest BCUT2D eigenvalue weighted by molar-refractivity contribution is -0.118. The maximum absolute atomic E-state index is 12.4. The summed E-state index contributed by atoms with van der Waals surface area (Å²) in [6, 6.07) is 21.5. The lowest BCUT2D eigenvalue weighted by Gasteiger charge is -2.14. The first-order chi connectivity index (χ1) is 13.7. The Morgan fingerprint density at radius 1 is 0.821 bits per heavy atom. The lowest BCUT2D eigenvalue weighted by atomic mass is 10.3. The molecule has 0 aliphatic carbocycles. The molecule has 0 saturated carbocycles. The van der Waals surface area contributed by atoms with E-state index in [4.69, 9.17) is 25.8 Å². The van der Waals surface area contributed by atoms with Crippen molar-refractivity contribution in [2.24, 2.45) is 0 Å². The second-order valence-corrected chi connectivity index (χ2v) is 6.15. The molecule has 0 spiro atoms. The van der Waals surface area contributed by atoms with Gasteiger partial charge in [0, 0.05) is 0 Å². The molecule has 1 amide bonds. The minimum atomic E-state index is -0.318. The van der Waals surface area contributed by atoms with Crippen molar-refractivity contribution in [3.63, 3.8) is 0 Å². The topological polar surface area (TPSA) is 56.8 Å². The van der Waals surface area contributed by atoms with Gasteiger partial charge in [-0.15, -0.1) is 0 Å². The van der Waals surface area contributed by atoms with Crippen LogP contribution < -0.4 is 19.5 Å². The first-order valence-corrected chi connectivity index (χ1v) is 9.21. The molecule has 0 saturated heterocycles. The average molecular weight is 398 g/mol. The predicted octanol–water partition coefficient (Wildman–Crippen LogP) is 5.55. The van der Waals surface area contributed by atoms with Crippen LogP contribution in [0.4, 0.5) is 5.69 Å². The van der Waals surface area contributed by atoms with E-state index in [1.54, 1.807) is 42.5 Å². The van der Waals surface area contributed by atoms with Gasteiger partial charge in [-0.2, -0.15) is 0 Å². The fraction of sp³-hybridized carbons (Fsp3) is 0.136. The highest BCUT2D eigenvalue weighted by atomic mass is 35.5. The van der Waals surface area contributed by atoms with Gasteiger partial charge in [0.25, 0.3) is 5.91 Å². The highest BCUT2D eigenvalue weighted by molar-refractivity contribution is 6.32. The Labute approximate surface area is 168 Å². The van der Waals surface area contributed by atoms with Crippen LogP contribution in [0, 0.1) is 0 Å². The van der Waals surface area contributed by atoms with Crippen molar-refractivity contribution < 1.29 is 19.0 Å². The van der Waals surface area contributed by atoms with Gasteiger partial charge in [0.1, 0.15) is 5.75 Å². The SMILES string of the molecule is CCOc1ccccc1OCC(=O)Nc1ccccc1Oc1ccccc1Cl. The van der Waals surface area contributed by atoms with E-state index in [1.807, 2.05) is 37.3 Å². The summed E-state index contributed by atoms with van der Waals surface area (Å²) >= 11 is 6.15. The summed E-state index contributed by atoms with van der Waals surface area (Å²) < 4.78 is 16.9. The van der Waals surface area contributed by atoms with E-state index in [-0.39, 0.29) is 12.5 Å². The van der Waals surface area contributed by atoms with E-state index in [1.165, 1.54) is 0 Å². The summed E-state index contributed by atoms with van der Waals surface area (Å²) in [5.74, 6) is 1.79. The number of hydrogen-bond donors (Lipinski definition) is 1. The third-order valence-corrected chi connectivity index (χ3v) is 4.04. The van der Waals surface area contributed by atoms with E-state index < -0.39 is 0 Å². The third-order valence-electron chi connectivity index (χ3n) is 3.73. The number of halogens is 1. The summed E-state index contributed by atoms with van der Waals surface area (Å²) in [7, 11) is 0. The van der Waals surface area contributed by atoms with E-state index in [0.717, 1.165) is 0 Å². The van der Waals surface area contributed by atoms with E-state index in [9.17, 15) is 4.79 Å². The molecule has 6 heteroatoms. The van der Waals surface area contributed by atoms with Crippen molar-refractivity contribution in [2.75, 3.05) is 18.5 Å². The molecule has 0 fully saturated rings. The highest BCUT2D eigenvalue weighted by Crippen LogP contribution is 2.33. The predicted molar refractivity (Wildman–Crippen MR) is 110 cm³/mol. The monoisotopic (exact) mass is 397 g/mol. The van der Waals surface area contributed by atoms with Gasteiger partial charge in [-0.1, -0.05) is 48.0 Å². The van der Waals surface area contributed by atoms with Gasteiger partial charge in [-0.3, -0.25) is 4.79 Å². The molecule has 5 nitrogen and oxygen atoms in total. The zero-order valence-corrected chi connectivity index (χ0v) is 16.1. The van der Waals surface area contributed by atoms with Crippen LogP contribution in [-0.4, -0.2) is 19.1 Å². The second-order valence-electron chi connectivity index (χ2n) is 5.75. The number of benzene rings is 3. The van der Waals surface area contributed by atoms with Crippen molar-refractivity contribution in [1.82, 2.24) is 0 Å². The van der Waals surface area contributed by atoms with Crippen molar-refractivity contribution >= 4 is 23.2 Å². The number of nitrogens with one attached hydrogen (secondary N) is 1. The fourth-order valence-electron chi connectivity index (χ4n) is 2.48. The summed E-state index contributed by atoms with van der Waals surface area (Å²) in [6.45, 7) is 2.24. The number of carbonyl (C=O) groups excluding carboxylic acids is 1. The van der Waals surface area contributed by atoms with Gasteiger partial charge < -0.3 is 19.5 Å². The van der Waals surface area contributed by atoms with E-state index >= 15 is 0 Å². The lowest BCUT2D eigenvalue weighted by Crippen LogP contribution is -2.20. The smallest absolute Gasteiger partial charge is 0.262 e. The molecule has 0 unspecified atom stereocenters. The molecular weight excluding hydrogens is 378 g/mol. The molecule has 0 aromatic heterocycles. The Bertz CT molecular complexity index is 945. The Balaban J connectivity index is 1.66. The van der Waals surface area contributed by atoms with Gasteiger partial charge >= 0.3 is 0 Å². The quantitative estimate of drug-likeness (QED) is 0.541. The zero-order chi connectivity index (χ0) is 19.8. The fourth-order valence-corrected chi connectivity index (χ4v) is 2.65. The standard InChI is InChI=1S/C22H20ClNO4/c1-2-26-20-13-7-8-14-21(20)27-15-22(25)24-17-10-4-6-12-19(17)28-18-11-5-3-9-16(18)23/h3-14H,2,15H2,1H3,(H,24,25). The van der Waals surface area contributed by atoms with Crippen molar-refractivity contribution in [1.29, 1.82) is 0 Å². The molecule has 0 aliphatic rings. The molecule has 0 bridgehead atoms.